The van der Waals surface area contributed by atoms with Crippen LogP contribution in [-0.2, 0) is 11.2 Å². The Labute approximate surface area is 119 Å². The van der Waals surface area contributed by atoms with E-state index in [1.807, 2.05) is 42.3 Å². The summed E-state index contributed by atoms with van der Waals surface area (Å²) in [5.41, 5.74) is 6.63. The Morgan fingerprint density at radius 1 is 1.15 bits per heavy atom. The van der Waals surface area contributed by atoms with Crippen molar-refractivity contribution < 1.29 is 4.79 Å². The zero-order valence-corrected chi connectivity index (χ0v) is 11.5. The van der Waals surface area contributed by atoms with Crippen molar-refractivity contribution in [3.05, 3.63) is 65.7 Å². The van der Waals surface area contributed by atoms with E-state index in [-0.39, 0.29) is 11.9 Å². The van der Waals surface area contributed by atoms with Crippen molar-refractivity contribution in [2.45, 2.75) is 25.8 Å². The van der Waals surface area contributed by atoms with Crippen LogP contribution in [0.2, 0.25) is 0 Å². The normalized spacial score (nSPS) is 16.9. The molecule has 1 aliphatic heterocycles. The number of para-hydroxylation sites is 1. The van der Waals surface area contributed by atoms with Gasteiger partial charge in [-0.3, -0.25) is 15.2 Å². The van der Waals surface area contributed by atoms with E-state index in [1.54, 1.807) is 0 Å². The predicted molar refractivity (Wildman–Crippen MR) is 80.2 cm³/mol. The molecular weight excluding hydrogens is 248 g/mol. The number of carbonyl (C=O) groups excluding carboxylic acids is 1. The number of hydrazine groups is 1. The fourth-order valence-corrected chi connectivity index (χ4v) is 2.68. The van der Waals surface area contributed by atoms with Crippen LogP contribution in [-0.4, -0.2) is 5.91 Å². The molecule has 2 aromatic carbocycles. The number of anilines is 1. The van der Waals surface area contributed by atoms with E-state index in [1.165, 1.54) is 11.1 Å². The lowest BCUT2D eigenvalue weighted by Gasteiger charge is -2.28. The van der Waals surface area contributed by atoms with Gasteiger partial charge in [-0.25, -0.2) is 0 Å². The first-order valence-electron chi connectivity index (χ1n) is 7.01. The number of rotatable bonds is 3. The molecule has 0 saturated heterocycles. The highest BCUT2D eigenvalue weighted by molar-refractivity contribution is 5.79. The summed E-state index contributed by atoms with van der Waals surface area (Å²) in [6.45, 7) is 1.87. The molecule has 0 bridgehead atoms. The maximum absolute atomic E-state index is 11.8. The maximum atomic E-state index is 11.8. The Morgan fingerprint density at radius 2 is 1.85 bits per heavy atom. The average Bonchev–Trinajstić information content (AvgIpc) is 2.87. The zero-order chi connectivity index (χ0) is 13.9. The van der Waals surface area contributed by atoms with Crippen LogP contribution in [0.4, 0.5) is 5.69 Å². The van der Waals surface area contributed by atoms with Crippen LogP contribution >= 0.6 is 0 Å². The molecule has 20 heavy (non-hydrogen) atoms. The monoisotopic (exact) mass is 266 g/mol. The van der Waals surface area contributed by atoms with Crippen LogP contribution < -0.4 is 10.4 Å². The van der Waals surface area contributed by atoms with Crippen molar-refractivity contribution in [3.8, 4) is 0 Å². The molecule has 3 heteroatoms. The van der Waals surface area contributed by atoms with Crippen LogP contribution in [0, 0.1) is 0 Å². The topological polar surface area (TPSA) is 32.3 Å². The summed E-state index contributed by atoms with van der Waals surface area (Å²) in [6, 6.07) is 18.7. The third-order valence-corrected chi connectivity index (χ3v) is 3.73. The lowest BCUT2D eigenvalue weighted by atomic mass is 10.0. The largest absolute Gasteiger partial charge is 0.277 e. The van der Waals surface area contributed by atoms with Crippen molar-refractivity contribution in [3.63, 3.8) is 0 Å². The third kappa shape index (κ3) is 2.27. The minimum atomic E-state index is 0.0441. The van der Waals surface area contributed by atoms with Crippen LogP contribution in [0.15, 0.2) is 54.6 Å². The molecule has 1 aliphatic rings. The number of benzene rings is 2. The Morgan fingerprint density at radius 3 is 2.60 bits per heavy atom. The number of nitrogens with zero attached hydrogens (tertiary/aromatic N) is 1. The van der Waals surface area contributed by atoms with Gasteiger partial charge in [0, 0.05) is 12.8 Å². The number of hydrogen-bond donors (Lipinski definition) is 1. The fraction of sp³-hybridized carbons (Fsp3) is 0.235. The molecule has 2 aromatic rings. The first-order chi connectivity index (χ1) is 9.79. The van der Waals surface area contributed by atoms with Crippen molar-refractivity contribution in [1.82, 2.24) is 5.43 Å². The summed E-state index contributed by atoms with van der Waals surface area (Å²) in [5, 5.41) is 2.01. The van der Waals surface area contributed by atoms with E-state index in [2.05, 4.69) is 29.7 Å². The smallest absolute Gasteiger partial charge is 0.238 e. The van der Waals surface area contributed by atoms with Gasteiger partial charge in [-0.2, -0.15) is 0 Å². The van der Waals surface area contributed by atoms with E-state index in [4.69, 9.17) is 0 Å². The lowest BCUT2D eigenvalue weighted by molar-refractivity contribution is -0.121. The second-order valence-electron chi connectivity index (χ2n) is 5.02. The van der Waals surface area contributed by atoms with Gasteiger partial charge >= 0.3 is 0 Å². The molecule has 102 valence electrons. The lowest BCUT2D eigenvalue weighted by Crippen LogP contribution is -2.42. The fourth-order valence-electron chi connectivity index (χ4n) is 2.68. The van der Waals surface area contributed by atoms with E-state index in [0.717, 1.165) is 12.1 Å². The number of carbonyl (C=O) groups is 1. The highest BCUT2D eigenvalue weighted by Crippen LogP contribution is 2.38. The Kier molecular flexibility index (Phi) is 3.42. The zero-order valence-electron chi connectivity index (χ0n) is 11.5. The molecular formula is C17H18N2O. The molecule has 0 saturated carbocycles. The van der Waals surface area contributed by atoms with E-state index < -0.39 is 0 Å². The van der Waals surface area contributed by atoms with Gasteiger partial charge in [0.15, 0.2) is 0 Å². The Bertz CT molecular complexity index is 609. The molecule has 1 N–H and O–H groups in total. The SMILES string of the molecule is CCC(=O)NN1c2ccccc2C[C@H]1c1ccccc1. The van der Waals surface area contributed by atoms with E-state index >= 15 is 0 Å². The summed E-state index contributed by atoms with van der Waals surface area (Å²) in [6.07, 6.45) is 1.41. The number of amides is 1. The first-order valence-corrected chi connectivity index (χ1v) is 7.01. The molecule has 0 fully saturated rings. The molecule has 0 radical (unpaired) electrons. The molecule has 3 rings (SSSR count). The highest BCUT2D eigenvalue weighted by Gasteiger charge is 2.31. The summed E-state index contributed by atoms with van der Waals surface area (Å²) >= 11 is 0. The second-order valence-corrected chi connectivity index (χ2v) is 5.02. The number of nitrogens with one attached hydrogen (secondary N) is 1. The predicted octanol–water partition coefficient (Wildman–Crippen LogP) is 3.23. The molecule has 1 amide bonds. The number of hydrogen-bond acceptors (Lipinski definition) is 2. The van der Waals surface area contributed by atoms with Crippen molar-refractivity contribution >= 4 is 11.6 Å². The molecule has 0 unspecified atom stereocenters. The standard InChI is InChI=1S/C17H18N2O/c1-2-17(20)18-19-15-11-7-6-10-14(15)12-16(19)13-8-4-3-5-9-13/h3-11,16H,2,12H2,1H3,(H,18,20)/t16-/m0/s1. The Balaban J connectivity index is 1.96. The van der Waals surface area contributed by atoms with Gasteiger partial charge in [-0.15, -0.1) is 0 Å². The molecule has 1 heterocycles. The van der Waals surface area contributed by atoms with Crippen LogP contribution in [0.3, 0.4) is 0 Å². The molecule has 0 aromatic heterocycles. The van der Waals surface area contributed by atoms with Gasteiger partial charge in [0.25, 0.3) is 0 Å². The number of fused-ring (bicyclic) bond motifs is 1. The van der Waals surface area contributed by atoms with Crippen LogP contribution in [0.1, 0.15) is 30.5 Å². The molecule has 0 aliphatic carbocycles. The van der Waals surface area contributed by atoms with Gasteiger partial charge in [0.05, 0.1) is 11.7 Å². The van der Waals surface area contributed by atoms with Crippen LogP contribution in [0.25, 0.3) is 0 Å². The van der Waals surface area contributed by atoms with Gasteiger partial charge in [0.2, 0.25) is 5.91 Å². The minimum Gasteiger partial charge on any atom is -0.277 e. The summed E-state index contributed by atoms with van der Waals surface area (Å²) < 4.78 is 0. The summed E-state index contributed by atoms with van der Waals surface area (Å²) in [4.78, 5) is 11.8. The van der Waals surface area contributed by atoms with Gasteiger partial charge < -0.3 is 0 Å². The molecule has 3 nitrogen and oxygen atoms in total. The molecule has 0 spiro atoms. The molecule has 1 atom stereocenters. The minimum absolute atomic E-state index is 0.0441. The third-order valence-electron chi connectivity index (χ3n) is 3.73. The van der Waals surface area contributed by atoms with Gasteiger partial charge in [-0.1, -0.05) is 55.5 Å². The van der Waals surface area contributed by atoms with Crippen molar-refractivity contribution in [2.24, 2.45) is 0 Å². The van der Waals surface area contributed by atoms with E-state index in [9.17, 15) is 4.79 Å². The maximum Gasteiger partial charge on any atom is 0.238 e. The Hall–Kier alpha value is -2.29. The van der Waals surface area contributed by atoms with Gasteiger partial charge in [-0.05, 0) is 17.2 Å². The average molecular weight is 266 g/mol. The quantitative estimate of drug-likeness (QED) is 0.925. The summed E-state index contributed by atoms with van der Waals surface area (Å²) in [7, 11) is 0. The van der Waals surface area contributed by atoms with Gasteiger partial charge in [0.1, 0.15) is 0 Å². The second kappa shape index (κ2) is 5.37. The van der Waals surface area contributed by atoms with Crippen LogP contribution in [0.5, 0.6) is 0 Å². The summed E-state index contributed by atoms with van der Waals surface area (Å²) in [5.74, 6) is 0.0441. The van der Waals surface area contributed by atoms with Crippen molar-refractivity contribution in [1.29, 1.82) is 0 Å². The first kappa shape index (κ1) is 12.7. The van der Waals surface area contributed by atoms with E-state index in [0.29, 0.717) is 6.42 Å². The highest BCUT2D eigenvalue weighted by atomic mass is 16.2. The van der Waals surface area contributed by atoms with Crippen molar-refractivity contribution in [2.75, 3.05) is 5.01 Å².